The average molecular weight is 292 g/mol. The maximum absolute atomic E-state index is 9.17. The van der Waals surface area contributed by atoms with Crippen LogP contribution in [0, 0.1) is 11.3 Å². The fourth-order valence-electron chi connectivity index (χ4n) is 2.79. The number of benzene rings is 1. The summed E-state index contributed by atoms with van der Waals surface area (Å²) in [6.07, 6.45) is 4.69. The molecule has 4 heteroatoms. The first-order valence-corrected chi connectivity index (χ1v) is 7.79. The summed E-state index contributed by atoms with van der Waals surface area (Å²) in [7, 11) is 0. The van der Waals surface area contributed by atoms with Crippen molar-refractivity contribution < 1.29 is 0 Å². The number of nitrogens with zero attached hydrogens (tertiary/aromatic N) is 2. The van der Waals surface area contributed by atoms with Gasteiger partial charge in [0.05, 0.1) is 11.3 Å². The van der Waals surface area contributed by atoms with Crippen LogP contribution >= 0.6 is 11.6 Å². The van der Waals surface area contributed by atoms with E-state index in [0.717, 1.165) is 25.1 Å². The van der Waals surface area contributed by atoms with E-state index < -0.39 is 0 Å². The largest absolute Gasteiger partial charge is 0.381 e. The van der Waals surface area contributed by atoms with Crippen LogP contribution in [-0.4, -0.2) is 30.6 Å². The van der Waals surface area contributed by atoms with Crippen molar-refractivity contribution in [2.24, 2.45) is 0 Å². The van der Waals surface area contributed by atoms with Crippen LogP contribution in [0.1, 0.15) is 38.2 Å². The number of rotatable bonds is 4. The molecule has 1 aromatic carbocycles. The molecule has 1 N–H and O–H groups in total. The first-order chi connectivity index (χ1) is 9.72. The second-order valence-corrected chi connectivity index (χ2v) is 5.85. The van der Waals surface area contributed by atoms with Crippen molar-refractivity contribution in [1.82, 2.24) is 4.90 Å². The van der Waals surface area contributed by atoms with Gasteiger partial charge in [0.25, 0.3) is 0 Å². The molecule has 0 aromatic heterocycles. The van der Waals surface area contributed by atoms with Gasteiger partial charge in [0.15, 0.2) is 0 Å². The second-order valence-electron chi connectivity index (χ2n) is 5.42. The van der Waals surface area contributed by atoms with Crippen LogP contribution in [0.2, 0.25) is 5.02 Å². The van der Waals surface area contributed by atoms with E-state index in [0.29, 0.717) is 16.6 Å². The molecule has 0 bridgehead atoms. The molecule has 0 radical (unpaired) electrons. The molecule has 108 valence electrons. The van der Waals surface area contributed by atoms with Gasteiger partial charge in [0.2, 0.25) is 0 Å². The molecule has 1 heterocycles. The van der Waals surface area contributed by atoms with E-state index in [1.54, 1.807) is 12.1 Å². The Bertz CT molecular complexity index is 481. The van der Waals surface area contributed by atoms with Crippen molar-refractivity contribution in [3.63, 3.8) is 0 Å². The normalized spacial score (nSPS) is 20.1. The Labute approximate surface area is 126 Å². The molecule has 20 heavy (non-hydrogen) atoms. The predicted molar refractivity (Wildman–Crippen MR) is 84.2 cm³/mol. The number of nitriles is 1. The van der Waals surface area contributed by atoms with E-state index in [1.807, 2.05) is 6.07 Å². The van der Waals surface area contributed by atoms with Crippen molar-refractivity contribution in [3.8, 4) is 6.07 Å². The summed E-state index contributed by atoms with van der Waals surface area (Å²) in [5.41, 5.74) is 1.54. The smallest absolute Gasteiger partial charge is 0.101 e. The topological polar surface area (TPSA) is 39.1 Å². The number of nitrogens with one attached hydrogen (secondary N) is 1. The molecule has 0 spiro atoms. The molecule has 1 aliphatic rings. The van der Waals surface area contributed by atoms with Gasteiger partial charge in [-0.2, -0.15) is 5.26 Å². The molecule has 2 rings (SSSR count). The molecule has 1 atom stereocenters. The van der Waals surface area contributed by atoms with Crippen molar-refractivity contribution in [1.29, 1.82) is 5.26 Å². The SMILES string of the molecule is CCCN1CCCC(Nc2cc(Cl)ccc2C#N)CC1. The third-order valence-electron chi connectivity index (χ3n) is 3.82. The lowest BCUT2D eigenvalue weighted by molar-refractivity contribution is 0.285. The van der Waals surface area contributed by atoms with Crippen LogP contribution in [-0.2, 0) is 0 Å². The minimum absolute atomic E-state index is 0.433. The maximum atomic E-state index is 9.17. The minimum Gasteiger partial charge on any atom is -0.381 e. The van der Waals surface area contributed by atoms with E-state index >= 15 is 0 Å². The number of hydrogen-bond acceptors (Lipinski definition) is 3. The summed E-state index contributed by atoms with van der Waals surface area (Å²) in [5, 5.41) is 13.3. The van der Waals surface area contributed by atoms with Crippen LogP contribution in [0.15, 0.2) is 18.2 Å². The quantitative estimate of drug-likeness (QED) is 0.915. The summed E-state index contributed by atoms with van der Waals surface area (Å²) < 4.78 is 0. The highest BCUT2D eigenvalue weighted by Crippen LogP contribution is 2.23. The molecule has 0 aliphatic carbocycles. The Morgan fingerprint density at radius 1 is 1.40 bits per heavy atom. The van der Waals surface area contributed by atoms with E-state index in [4.69, 9.17) is 16.9 Å². The highest BCUT2D eigenvalue weighted by Gasteiger charge is 2.17. The Hall–Kier alpha value is -1.24. The van der Waals surface area contributed by atoms with Gasteiger partial charge in [-0.3, -0.25) is 0 Å². The molecular weight excluding hydrogens is 270 g/mol. The summed E-state index contributed by atoms with van der Waals surface area (Å²) in [5.74, 6) is 0. The molecule has 0 amide bonds. The first-order valence-electron chi connectivity index (χ1n) is 7.41. The Morgan fingerprint density at radius 2 is 2.25 bits per heavy atom. The number of hydrogen-bond donors (Lipinski definition) is 1. The monoisotopic (exact) mass is 291 g/mol. The molecule has 1 aromatic rings. The van der Waals surface area contributed by atoms with Gasteiger partial charge in [0, 0.05) is 17.6 Å². The molecule has 1 saturated heterocycles. The maximum Gasteiger partial charge on any atom is 0.101 e. The van der Waals surface area contributed by atoms with E-state index in [-0.39, 0.29) is 0 Å². The lowest BCUT2D eigenvalue weighted by atomic mass is 10.1. The van der Waals surface area contributed by atoms with Gasteiger partial charge in [-0.05, 0) is 57.0 Å². The summed E-state index contributed by atoms with van der Waals surface area (Å²) in [6.45, 7) is 5.74. The highest BCUT2D eigenvalue weighted by atomic mass is 35.5. The Kier molecular flexibility index (Phi) is 5.70. The van der Waals surface area contributed by atoms with Crippen LogP contribution in [0.4, 0.5) is 5.69 Å². The molecular formula is C16H22ClN3. The zero-order valence-electron chi connectivity index (χ0n) is 12.0. The van der Waals surface area contributed by atoms with Gasteiger partial charge in [0.1, 0.15) is 6.07 Å². The summed E-state index contributed by atoms with van der Waals surface area (Å²) in [6, 6.07) is 8.06. The van der Waals surface area contributed by atoms with Crippen molar-refractivity contribution in [2.75, 3.05) is 25.0 Å². The average Bonchev–Trinajstić information content (AvgIpc) is 2.65. The van der Waals surface area contributed by atoms with Crippen LogP contribution in [0.5, 0.6) is 0 Å². The fraction of sp³-hybridized carbons (Fsp3) is 0.562. The number of halogens is 1. The lowest BCUT2D eigenvalue weighted by Crippen LogP contribution is -2.27. The van der Waals surface area contributed by atoms with Crippen molar-refractivity contribution in [2.45, 2.75) is 38.6 Å². The summed E-state index contributed by atoms with van der Waals surface area (Å²) in [4.78, 5) is 2.53. The fourth-order valence-corrected chi connectivity index (χ4v) is 2.97. The molecule has 1 unspecified atom stereocenters. The predicted octanol–water partition coefficient (Wildman–Crippen LogP) is 3.89. The standard InChI is InChI=1S/C16H22ClN3/c1-2-8-20-9-3-4-15(7-10-20)19-16-11-14(17)6-5-13(16)12-18/h5-6,11,15,19H,2-4,7-10H2,1H3. The van der Waals surface area contributed by atoms with E-state index in [1.165, 1.54) is 25.9 Å². The van der Waals surface area contributed by atoms with Crippen LogP contribution in [0.3, 0.4) is 0 Å². The zero-order valence-corrected chi connectivity index (χ0v) is 12.8. The van der Waals surface area contributed by atoms with E-state index in [9.17, 15) is 0 Å². The van der Waals surface area contributed by atoms with Crippen molar-refractivity contribution in [3.05, 3.63) is 28.8 Å². The Morgan fingerprint density at radius 3 is 3.00 bits per heavy atom. The molecule has 0 saturated carbocycles. The van der Waals surface area contributed by atoms with Gasteiger partial charge in [-0.15, -0.1) is 0 Å². The van der Waals surface area contributed by atoms with Crippen molar-refractivity contribution >= 4 is 17.3 Å². The number of anilines is 1. The third kappa shape index (κ3) is 4.13. The van der Waals surface area contributed by atoms with Gasteiger partial charge < -0.3 is 10.2 Å². The van der Waals surface area contributed by atoms with Gasteiger partial charge in [-0.25, -0.2) is 0 Å². The molecule has 3 nitrogen and oxygen atoms in total. The highest BCUT2D eigenvalue weighted by molar-refractivity contribution is 6.30. The number of likely N-dealkylation sites (tertiary alicyclic amines) is 1. The first kappa shape index (κ1) is 15.2. The van der Waals surface area contributed by atoms with Crippen LogP contribution < -0.4 is 5.32 Å². The van der Waals surface area contributed by atoms with Gasteiger partial charge >= 0.3 is 0 Å². The van der Waals surface area contributed by atoms with E-state index in [2.05, 4.69) is 23.2 Å². The third-order valence-corrected chi connectivity index (χ3v) is 4.06. The van der Waals surface area contributed by atoms with Gasteiger partial charge in [-0.1, -0.05) is 18.5 Å². The molecule has 1 aliphatic heterocycles. The lowest BCUT2D eigenvalue weighted by Gasteiger charge is -2.20. The molecule has 1 fully saturated rings. The Balaban J connectivity index is 2.00. The summed E-state index contributed by atoms with van der Waals surface area (Å²) >= 11 is 6.03. The minimum atomic E-state index is 0.433. The second kappa shape index (κ2) is 7.52. The van der Waals surface area contributed by atoms with Crippen LogP contribution in [0.25, 0.3) is 0 Å². The zero-order chi connectivity index (χ0) is 14.4.